The summed E-state index contributed by atoms with van der Waals surface area (Å²) in [4.78, 5) is 3.46. The van der Waals surface area contributed by atoms with Gasteiger partial charge in [-0.1, -0.05) is 18.6 Å². The Morgan fingerprint density at radius 3 is 2.70 bits per heavy atom. The van der Waals surface area contributed by atoms with Crippen molar-refractivity contribution in [1.29, 1.82) is 5.26 Å². The summed E-state index contributed by atoms with van der Waals surface area (Å²) in [5.74, 6) is 0.746. The molecule has 2 aliphatic rings. The highest BCUT2D eigenvalue weighted by Crippen LogP contribution is 2.43. The van der Waals surface area contributed by atoms with Gasteiger partial charge in [-0.3, -0.25) is 0 Å². The third-order valence-electron chi connectivity index (χ3n) is 6.72. The monoisotopic (exact) mass is 397 g/mol. The minimum Gasteiger partial charge on any atom is -0.487 e. The van der Waals surface area contributed by atoms with E-state index in [-0.39, 0.29) is 11.3 Å². The number of fused-ring (bicyclic) bond motifs is 1. The normalized spacial score (nSPS) is 20.0. The molecule has 2 aromatic rings. The molecule has 1 spiro atoms. The van der Waals surface area contributed by atoms with Gasteiger partial charge in [-0.15, -0.1) is 0 Å². The fourth-order valence-electron chi connectivity index (χ4n) is 4.82. The molecule has 1 aliphatic carbocycles. The summed E-state index contributed by atoms with van der Waals surface area (Å²) in [5, 5.41) is 10.7. The standard InChI is InChI=1S/C26H27N3O/c1-18-19(2)29(4)25-11-9-20(14-23(18)25)8-10-22-15-21(24(17-27)28-3)16-26(30-22)12-6-5-7-13-26/h8-11,14-15H,5-7,12-13,16H2,1-2,4H3/b10-8+,24-21-. The zero-order valence-electron chi connectivity index (χ0n) is 18.0. The van der Waals surface area contributed by atoms with Crippen molar-refractivity contribution in [3.63, 3.8) is 0 Å². The van der Waals surface area contributed by atoms with Crippen molar-refractivity contribution in [2.24, 2.45) is 7.05 Å². The molecule has 1 saturated carbocycles. The lowest BCUT2D eigenvalue weighted by Crippen LogP contribution is -2.37. The van der Waals surface area contributed by atoms with E-state index in [1.807, 2.05) is 12.2 Å². The maximum Gasteiger partial charge on any atom is 0.265 e. The molecule has 4 rings (SSSR count). The molecule has 1 aromatic heterocycles. The largest absolute Gasteiger partial charge is 0.487 e. The van der Waals surface area contributed by atoms with Crippen molar-refractivity contribution in [2.75, 3.05) is 0 Å². The first-order valence-electron chi connectivity index (χ1n) is 10.6. The van der Waals surface area contributed by atoms with Crippen molar-refractivity contribution < 1.29 is 4.74 Å². The van der Waals surface area contributed by atoms with Gasteiger partial charge in [-0.25, -0.2) is 10.1 Å². The molecule has 2 heterocycles. The van der Waals surface area contributed by atoms with Crippen LogP contribution < -0.4 is 0 Å². The Kier molecular flexibility index (Phi) is 5.27. The number of aryl methyl sites for hydroxylation is 2. The Balaban J connectivity index is 1.70. The first-order chi connectivity index (χ1) is 14.5. The Bertz CT molecular complexity index is 1160. The average Bonchev–Trinajstić information content (AvgIpc) is 2.97. The second-order valence-corrected chi connectivity index (χ2v) is 8.55. The van der Waals surface area contributed by atoms with E-state index in [9.17, 15) is 5.26 Å². The number of allylic oxidation sites excluding steroid dienone is 3. The maximum absolute atomic E-state index is 9.40. The summed E-state index contributed by atoms with van der Waals surface area (Å²) in [5.41, 5.74) is 5.65. The topological polar surface area (TPSA) is 42.3 Å². The van der Waals surface area contributed by atoms with Gasteiger partial charge in [0.1, 0.15) is 11.4 Å². The Hall–Kier alpha value is -3.24. The SMILES string of the molecule is [C-]#[N+]/C(C#N)=C1C=C(/C=C/c2ccc3c(c2)c(C)c(C)n3C)OC2(CCCCC2)C/1. The molecule has 0 amide bonds. The summed E-state index contributed by atoms with van der Waals surface area (Å²) < 4.78 is 8.69. The molecule has 1 fully saturated rings. The molecular weight excluding hydrogens is 370 g/mol. The summed E-state index contributed by atoms with van der Waals surface area (Å²) in [6, 6.07) is 8.56. The number of nitrogens with zero attached hydrogens (tertiary/aromatic N) is 3. The smallest absolute Gasteiger partial charge is 0.265 e. The predicted molar refractivity (Wildman–Crippen MR) is 120 cm³/mol. The molecule has 0 atom stereocenters. The van der Waals surface area contributed by atoms with E-state index in [1.54, 1.807) is 0 Å². The fraction of sp³-hybridized carbons (Fsp3) is 0.385. The number of benzene rings is 1. The third-order valence-corrected chi connectivity index (χ3v) is 6.72. The molecule has 4 heteroatoms. The van der Waals surface area contributed by atoms with Gasteiger partial charge in [0.15, 0.2) is 0 Å². The molecule has 0 N–H and O–H groups in total. The number of rotatable bonds is 2. The summed E-state index contributed by atoms with van der Waals surface area (Å²) in [6.45, 7) is 11.7. The molecular formula is C26H27N3O. The zero-order chi connectivity index (χ0) is 21.3. The van der Waals surface area contributed by atoms with Crippen LogP contribution in [0.15, 0.2) is 47.4 Å². The van der Waals surface area contributed by atoms with Crippen molar-refractivity contribution in [3.8, 4) is 6.07 Å². The lowest BCUT2D eigenvalue weighted by molar-refractivity contribution is -0.0285. The van der Waals surface area contributed by atoms with Gasteiger partial charge in [-0.2, -0.15) is 0 Å². The Morgan fingerprint density at radius 2 is 2.00 bits per heavy atom. The molecule has 1 aliphatic heterocycles. The second-order valence-electron chi connectivity index (χ2n) is 8.55. The second kappa shape index (κ2) is 7.88. The van der Waals surface area contributed by atoms with Crippen molar-refractivity contribution in [2.45, 2.75) is 58.0 Å². The summed E-state index contributed by atoms with van der Waals surface area (Å²) in [7, 11) is 2.10. The van der Waals surface area contributed by atoms with E-state index < -0.39 is 0 Å². The number of aromatic nitrogens is 1. The third kappa shape index (κ3) is 3.55. The minimum absolute atomic E-state index is 0.186. The first kappa shape index (κ1) is 20.0. The molecule has 0 bridgehead atoms. The molecule has 152 valence electrons. The van der Waals surface area contributed by atoms with E-state index in [4.69, 9.17) is 11.3 Å². The van der Waals surface area contributed by atoms with E-state index in [2.05, 4.69) is 60.7 Å². The molecule has 0 radical (unpaired) electrons. The van der Waals surface area contributed by atoms with Gasteiger partial charge in [-0.05, 0) is 80.5 Å². The van der Waals surface area contributed by atoms with Gasteiger partial charge in [0.25, 0.3) is 5.70 Å². The van der Waals surface area contributed by atoms with Gasteiger partial charge in [0, 0.05) is 30.1 Å². The van der Waals surface area contributed by atoms with E-state index in [0.29, 0.717) is 6.42 Å². The zero-order valence-corrected chi connectivity index (χ0v) is 18.0. The average molecular weight is 398 g/mol. The molecule has 4 nitrogen and oxygen atoms in total. The fourth-order valence-corrected chi connectivity index (χ4v) is 4.82. The quantitative estimate of drug-likeness (QED) is 0.428. The Morgan fingerprint density at radius 1 is 1.23 bits per heavy atom. The van der Waals surface area contributed by atoms with Crippen LogP contribution in [0.5, 0.6) is 0 Å². The number of nitriles is 1. The van der Waals surface area contributed by atoms with Crippen LogP contribution in [0.4, 0.5) is 0 Å². The van der Waals surface area contributed by atoms with E-state index >= 15 is 0 Å². The minimum atomic E-state index is -0.272. The van der Waals surface area contributed by atoms with E-state index in [1.165, 1.54) is 28.6 Å². The van der Waals surface area contributed by atoms with Crippen LogP contribution in [0.2, 0.25) is 0 Å². The van der Waals surface area contributed by atoms with Crippen molar-refractivity contribution in [3.05, 3.63) is 75.6 Å². The van der Waals surface area contributed by atoms with Crippen LogP contribution in [-0.2, 0) is 11.8 Å². The predicted octanol–water partition coefficient (Wildman–Crippen LogP) is 6.51. The van der Waals surface area contributed by atoms with Crippen molar-refractivity contribution in [1.82, 2.24) is 4.57 Å². The van der Waals surface area contributed by atoms with Crippen molar-refractivity contribution >= 4 is 17.0 Å². The van der Waals surface area contributed by atoms with E-state index in [0.717, 1.165) is 42.6 Å². The van der Waals surface area contributed by atoms with Gasteiger partial charge in [0.05, 0.1) is 12.6 Å². The highest BCUT2D eigenvalue weighted by Gasteiger charge is 2.38. The molecule has 0 unspecified atom stereocenters. The number of hydrogen-bond donors (Lipinski definition) is 0. The van der Waals surface area contributed by atoms with Crippen LogP contribution in [0.3, 0.4) is 0 Å². The molecule has 30 heavy (non-hydrogen) atoms. The summed E-state index contributed by atoms with van der Waals surface area (Å²) in [6.07, 6.45) is 12.0. The van der Waals surface area contributed by atoms with Gasteiger partial charge >= 0.3 is 0 Å². The Labute approximate surface area is 178 Å². The highest BCUT2D eigenvalue weighted by atomic mass is 16.5. The lowest BCUT2D eigenvalue weighted by Gasteiger charge is -2.41. The lowest BCUT2D eigenvalue weighted by atomic mass is 9.78. The number of ether oxygens (including phenoxy) is 1. The molecule has 1 aromatic carbocycles. The maximum atomic E-state index is 9.40. The first-order valence-corrected chi connectivity index (χ1v) is 10.6. The van der Waals surface area contributed by atoms with Crippen LogP contribution in [0.1, 0.15) is 55.3 Å². The van der Waals surface area contributed by atoms with Crippen LogP contribution in [-0.4, -0.2) is 10.2 Å². The van der Waals surface area contributed by atoms with Gasteiger partial charge in [0.2, 0.25) is 0 Å². The number of hydrogen-bond acceptors (Lipinski definition) is 2. The van der Waals surface area contributed by atoms with Gasteiger partial charge < -0.3 is 9.30 Å². The molecule has 0 saturated heterocycles. The van der Waals surface area contributed by atoms with Crippen LogP contribution >= 0.6 is 0 Å². The van der Waals surface area contributed by atoms with Crippen LogP contribution in [0.25, 0.3) is 21.8 Å². The highest BCUT2D eigenvalue weighted by molar-refractivity contribution is 5.87. The summed E-state index contributed by atoms with van der Waals surface area (Å²) >= 11 is 0. The van der Waals surface area contributed by atoms with Crippen LogP contribution in [0, 0.1) is 31.8 Å².